The molecule has 128 valence electrons. The van der Waals surface area contributed by atoms with E-state index in [0.717, 1.165) is 25.7 Å². The second kappa shape index (κ2) is 7.01. The highest BCUT2D eigenvalue weighted by molar-refractivity contribution is 5.75. The number of aromatic nitrogens is 2. The number of aryl methyl sites for hydroxylation is 1. The fourth-order valence-electron chi connectivity index (χ4n) is 4.11. The number of amides is 1. The van der Waals surface area contributed by atoms with Crippen LogP contribution in [0.15, 0.2) is 18.7 Å². The first kappa shape index (κ1) is 16.5. The summed E-state index contributed by atoms with van der Waals surface area (Å²) >= 11 is 0. The van der Waals surface area contributed by atoms with Gasteiger partial charge in [-0.3, -0.25) is 4.79 Å². The second-order valence-corrected chi connectivity index (χ2v) is 7.28. The number of carbonyl (C=O) groups excluding carboxylic acids is 1. The summed E-state index contributed by atoms with van der Waals surface area (Å²) in [6.07, 6.45) is 10.8. The van der Waals surface area contributed by atoms with Crippen molar-refractivity contribution in [3.05, 3.63) is 18.7 Å². The minimum atomic E-state index is -0.232. The van der Waals surface area contributed by atoms with Gasteiger partial charge in [-0.25, -0.2) is 4.98 Å². The molecule has 6 nitrogen and oxygen atoms in total. The van der Waals surface area contributed by atoms with Crippen LogP contribution in [-0.4, -0.2) is 45.3 Å². The van der Waals surface area contributed by atoms with Crippen LogP contribution in [0.4, 0.5) is 0 Å². The van der Waals surface area contributed by atoms with Crippen molar-refractivity contribution in [1.82, 2.24) is 20.2 Å². The van der Waals surface area contributed by atoms with E-state index in [1.807, 2.05) is 10.8 Å². The largest absolute Gasteiger partial charge is 0.392 e. The molecule has 23 heavy (non-hydrogen) atoms. The summed E-state index contributed by atoms with van der Waals surface area (Å²) in [7, 11) is 0. The average molecular weight is 320 g/mol. The van der Waals surface area contributed by atoms with Crippen LogP contribution >= 0.6 is 0 Å². The van der Waals surface area contributed by atoms with Gasteiger partial charge in [0.2, 0.25) is 5.91 Å². The van der Waals surface area contributed by atoms with E-state index in [-0.39, 0.29) is 23.5 Å². The molecular formula is C17H28N4O2. The smallest absolute Gasteiger partial charge is 0.221 e. The molecule has 6 heteroatoms. The molecule has 4 atom stereocenters. The number of imidazole rings is 1. The van der Waals surface area contributed by atoms with Crippen LogP contribution in [0.1, 0.15) is 45.4 Å². The molecule has 1 saturated carbocycles. The summed E-state index contributed by atoms with van der Waals surface area (Å²) in [6.45, 7) is 3.49. The van der Waals surface area contributed by atoms with E-state index in [1.54, 1.807) is 12.5 Å². The number of carbonyl (C=O) groups is 1. The topological polar surface area (TPSA) is 79.2 Å². The maximum Gasteiger partial charge on any atom is 0.221 e. The highest BCUT2D eigenvalue weighted by atomic mass is 16.3. The molecule has 0 radical (unpaired) electrons. The molecule has 1 saturated heterocycles. The molecule has 2 heterocycles. The number of rotatable bonds is 5. The first-order valence-corrected chi connectivity index (χ1v) is 8.74. The van der Waals surface area contributed by atoms with Crippen molar-refractivity contribution in [2.24, 2.45) is 5.41 Å². The number of hydrogen-bond donors (Lipinski definition) is 3. The lowest BCUT2D eigenvalue weighted by molar-refractivity contribution is -0.121. The third-order valence-corrected chi connectivity index (χ3v) is 5.60. The summed E-state index contributed by atoms with van der Waals surface area (Å²) < 4.78 is 1.91. The Balaban J connectivity index is 1.45. The molecule has 1 aromatic heterocycles. The molecule has 1 amide bonds. The Bertz CT molecular complexity index is 519. The van der Waals surface area contributed by atoms with Crippen LogP contribution in [-0.2, 0) is 11.3 Å². The zero-order valence-corrected chi connectivity index (χ0v) is 13.9. The second-order valence-electron chi connectivity index (χ2n) is 7.28. The van der Waals surface area contributed by atoms with Gasteiger partial charge < -0.3 is 20.3 Å². The monoisotopic (exact) mass is 320 g/mol. The Morgan fingerprint density at radius 3 is 3.09 bits per heavy atom. The van der Waals surface area contributed by atoms with E-state index in [4.69, 9.17) is 0 Å². The van der Waals surface area contributed by atoms with Gasteiger partial charge in [0.15, 0.2) is 0 Å². The molecule has 0 spiro atoms. The van der Waals surface area contributed by atoms with Gasteiger partial charge in [-0.1, -0.05) is 19.8 Å². The molecular weight excluding hydrogens is 292 g/mol. The molecule has 0 unspecified atom stereocenters. The van der Waals surface area contributed by atoms with Gasteiger partial charge in [0, 0.05) is 49.4 Å². The van der Waals surface area contributed by atoms with Gasteiger partial charge in [0.25, 0.3) is 0 Å². The normalized spacial score (nSPS) is 33.9. The molecule has 3 rings (SSSR count). The molecule has 3 N–H and O–H groups in total. The quantitative estimate of drug-likeness (QED) is 0.758. The highest BCUT2D eigenvalue weighted by Gasteiger charge is 2.48. The van der Waals surface area contributed by atoms with Gasteiger partial charge in [-0.05, 0) is 19.3 Å². The van der Waals surface area contributed by atoms with Crippen molar-refractivity contribution in [2.45, 2.75) is 70.2 Å². The Labute approximate surface area is 137 Å². The Morgan fingerprint density at radius 1 is 1.48 bits per heavy atom. The van der Waals surface area contributed by atoms with Crippen molar-refractivity contribution in [1.29, 1.82) is 0 Å². The average Bonchev–Trinajstić information content (AvgIpc) is 3.13. The SMILES string of the molecule is C[C@@]12C[C@H](CNC(=O)CCn3ccnc3)N[C@@H]1CCCC[C@@H]2O. The van der Waals surface area contributed by atoms with Crippen molar-refractivity contribution in [2.75, 3.05) is 6.54 Å². The van der Waals surface area contributed by atoms with E-state index in [0.29, 0.717) is 25.6 Å². The number of hydrogen-bond acceptors (Lipinski definition) is 4. The zero-order valence-electron chi connectivity index (χ0n) is 13.9. The highest BCUT2D eigenvalue weighted by Crippen LogP contribution is 2.43. The number of aliphatic hydroxyl groups is 1. The summed E-state index contributed by atoms with van der Waals surface area (Å²) in [6, 6.07) is 0.628. The Morgan fingerprint density at radius 2 is 2.30 bits per heavy atom. The molecule has 2 fully saturated rings. The molecule has 0 aromatic carbocycles. The fourth-order valence-corrected chi connectivity index (χ4v) is 4.11. The van der Waals surface area contributed by atoms with E-state index in [2.05, 4.69) is 22.5 Å². The first-order valence-electron chi connectivity index (χ1n) is 8.74. The number of nitrogens with zero attached hydrogens (tertiary/aromatic N) is 2. The lowest BCUT2D eigenvalue weighted by atomic mass is 9.75. The van der Waals surface area contributed by atoms with Crippen molar-refractivity contribution < 1.29 is 9.90 Å². The maximum absolute atomic E-state index is 12.0. The summed E-state index contributed by atoms with van der Waals surface area (Å²) in [5, 5.41) is 17.1. The lowest BCUT2D eigenvalue weighted by Gasteiger charge is -2.33. The Kier molecular flexibility index (Phi) is 5.02. The predicted octanol–water partition coefficient (Wildman–Crippen LogP) is 1.06. The van der Waals surface area contributed by atoms with Crippen molar-refractivity contribution in [3.63, 3.8) is 0 Å². The molecule has 2 aliphatic rings. The zero-order chi connectivity index (χ0) is 16.3. The van der Waals surface area contributed by atoms with Gasteiger partial charge in [0.05, 0.1) is 12.4 Å². The van der Waals surface area contributed by atoms with Gasteiger partial charge in [0.1, 0.15) is 0 Å². The number of fused-ring (bicyclic) bond motifs is 1. The van der Waals surface area contributed by atoms with Gasteiger partial charge in [-0.15, -0.1) is 0 Å². The number of aliphatic hydroxyl groups excluding tert-OH is 1. The summed E-state index contributed by atoms with van der Waals surface area (Å²) in [4.78, 5) is 16.0. The van der Waals surface area contributed by atoms with Crippen LogP contribution in [0, 0.1) is 5.41 Å². The molecule has 0 bridgehead atoms. The van der Waals surface area contributed by atoms with Crippen LogP contribution < -0.4 is 10.6 Å². The molecule has 1 aliphatic heterocycles. The van der Waals surface area contributed by atoms with Crippen LogP contribution in [0.3, 0.4) is 0 Å². The van der Waals surface area contributed by atoms with Crippen molar-refractivity contribution >= 4 is 5.91 Å². The standard InChI is InChI=1S/C17H28N4O2/c1-17-10-13(20-14(17)4-2-3-5-15(17)22)11-19-16(23)6-8-21-9-7-18-12-21/h7,9,12-15,20,22H,2-6,8,10-11H2,1H3,(H,19,23)/t13-,14-,15+,17-/m1/s1. The van der Waals surface area contributed by atoms with Gasteiger partial charge in [-0.2, -0.15) is 0 Å². The minimum absolute atomic E-state index is 0.0529. The lowest BCUT2D eigenvalue weighted by Crippen LogP contribution is -2.43. The number of nitrogens with one attached hydrogen (secondary N) is 2. The Hall–Kier alpha value is -1.40. The molecule has 1 aromatic rings. The minimum Gasteiger partial charge on any atom is -0.392 e. The third kappa shape index (κ3) is 3.75. The van der Waals surface area contributed by atoms with E-state index >= 15 is 0 Å². The molecule has 1 aliphatic carbocycles. The fraction of sp³-hybridized carbons (Fsp3) is 0.765. The first-order chi connectivity index (χ1) is 11.1. The van der Waals surface area contributed by atoms with Gasteiger partial charge >= 0.3 is 0 Å². The van der Waals surface area contributed by atoms with Crippen molar-refractivity contribution in [3.8, 4) is 0 Å². The van der Waals surface area contributed by atoms with E-state index in [9.17, 15) is 9.90 Å². The van der Waals surface area contributed by atoms with Crippen LogP contribution in [0.25, 0.3) is 0 Å². The summed E-state index contributed by atoms with van der Waals surface area (Å²) in [5.74, 6) is 0.0679. The third-order valence-electron chi connectivity index (χ3n) is 5.60. The van der Waals surface area contributed by atoms with Crippen LogP contribution in [0.2, 0.25) is 0 Å². The van der Waals surface area contributed by atoms with E-state index < -0.39 is 0 Å². The maximum atomic E-state index is 12.0. The van der Waals surface area contributed by atoms with E-state index in [1.165, 1.54) is 6.42 Å². The van der Waals surface area contributed by atoms with Crippen LogP contribution in [0.5, 0.6) is 0 Å². The predicted molar refractivity (Wildman–Crippen MR) is 87.8 cm³/mol. The summed E-state index contributed by atoms with van der Waals surface area (Å²) in [5.41, 5.74) is -0.0529.